The van der Waals surface area contributed by atoms with Crippen molar-refractivity contribution >= 4 is 17.7 Å². The Balaban J connectivity index is 3.75. The molecule has 3 nitrogen and oxygen atoms in total. The highest BCUT2D eigenvalue weighted by Crippen LogP contribution is 2.14. The molecule has 0 fully saturated rings. The van der Waals surface area contributed by atoms with Crippen molar-refractivity contribution in [3.63, 3.8) is 0 Å². The van der Waals surface area contributed by atoms with E-state index >= 15 is 0 Å². The van der Waals surface area contributed by atoms with Gasteiger partial charge >= 0.3 is 0 Å². The second kappa shape index (κ2) is 9.77. The summed E-state index contributed by atoms with van der Waals surface area (Å²) < 4.78 is 0. The third kappa shape index (κ3) is 9.48. The first-order valence-electron chi connectivity index (χ1n) is 6.49. The molecule has 0 radical (unpaired) electrons. The minimum atomic E-state index is 0.148. The van der Waals surface area contributed by atoms with Crippen LogP contribution in [-0.4, -0.2) is 30.5 Å². The first-order valence-corrected chi connectivity index (χ1v) is 7.77. The number of nitrogens with one attached hydrogen (secondary N) is 1. The molecule has 4 heteroatoms. The predicted molar refractivity (Wildman–Crippen MR) is 77.2 cm³/mol. The molecule has 3 N–H and O–H groups in total. The Hall–Kier alpha value is -0.220. The van der Waals surface area contributed by atoms with Crippen molar-refractivity contribution in [2.45, 2.75) is 45.3 Å². The molecule has 0 rings (SSSR count). The highest BCUT2D eigenvalue weighted by atomic mass is 32.2. The molecule has 0 aromatic carbocycles. The molecule has 1 amide bonds. The van der Waals surface area contributed by atoms with Crippen molar-refractivity contribution in [2.24, 2.45) is 17.6 Å². The third-order valence-electron chi connectivity index (χ3n) is 2.89. The molecular weight excluding hydrogens is 232 g/mol. The van der Waals surface area contributed by atoms with E-state index in [2.05, 4.69) is 32.3 Å². The molecule has 0 aromatic heterocycles. The van der Waals surface area contributed by atoms with Gasteiger partial charge in [0.15, 0.2) is 0 Å². The fraction of sp³-hybridized carbons (Fsp3) is 0.923. The van der Waals surface area contributed by atoms with Crippen LogP contribution < -0.4 is 11.1 Å². The summed E-state index contributed by atoms with van der Waals surface area (Å²) in [4.78, 5) is 11.7. The van der Waals surface area contributed by atoms with Crippen LogP contribution in [0.3, 0.4) is 0 Å². The van der Waals surface area contributed by atoms with Gasteiger partial charge in [-0.15, -0.1) is 0 Å². The maximum Gasteiger partial charge on any atom is 0.220 e. The quantitative estimate of drug-likeness (QED) is 0.668. The fourth-order valence-corrected chi connectivity index (χ4v) is 2.15. The van der Waals surface area contributed by atoms with E-state index < -0.39 is 0 Å². The lowest BCUT2D eigenvalue weighted by Crippen LogP contribution is -2.30. The third-order valence-corrected chi connectivity index (χ3v) is 3.93. The summed E-state index contributed by atoms with van der Waals surface area (Å²) in [6, 6.07) is 0. The van der Waals surface area contributed by atoms with Gasteiger partial charge in [-0.1, -0.05) is 20.8 Å². The SMILES string of the molecule is CSC(C)CCNC(=O)C[C@@H](CN)CC(C)C. The largest absolute Gasteiger partial charge is 0.356 e. The Morgan fingerprint density at radius 1 is 1.35 bits per heavy atom. The lowest BCUT2D eigenvalue weighted by atomic mass is 9.94. The minimum absolute atomic E-state index is 0.148. The highest BCUT2D eigenvalue weighted by molar-refractivity contribution is 7.99. The summed E-state index contributed by atoms with van der Waals surface area (Å²) in [7, 11) is 0. The Morgan fingerprint density at radius 3 is 2.47 bits per heavy atom. The van der Waals surface area contributed by atoms with Crippen molar-refractivity contribution in [1.29, 1.82) is 0 Å². The molecular formula is C13H28N2OS. The molecule has 0 spiro atoms. The summed E-state index contributed by atoms with van der Waals surface area (Å²) in [5.74, 6) is 1.08. The van der Waals surface area contributed by atoms with E-state index in [0.717, 1.165) is 19.4 Å². The van der Waals surface area contributed by atoms with Crippen LogP contribution in [-0.2, 0) is 4.79 Å². The van der Waals surface area contributed by atoms with Gasteiger partial charge in [-0.25, -0.2) is 0 Å². The van der Waals surface area contributed by atoms with Crippen LogP contribution in [0.5, 0.6) is 0 Å². The number of carbonyl (C=O) groups excluding carboxylic acids is 1. The Kier molecular flexibility index (Phi) is 9.65. The molecule has 0 aromatic rings. The lowest BCUT2D eigenvalue weighted by Gasteiger charge is -2.17. The average molecular weight is 260 g/mol. The van der Waals surface area contributed by atoms with Gasteiger partial charge in [-0.3, -0.25) is 4.79 Å². The highest BCUT2D eigenvalue weighted by Gasteiger charge is 2.13. The molecule has 0 heterocycles. The van der Waals surface area contributed by atoms with Gasteiger partial charge in [0.05, 0.1) is 0 Å². The van der Waals surface area contributed by atoms with E-state index in [1.165, 1.54) is 0 Å². The van der Waals surface area contributed by atoms with Crippen LogP contribution in [0.15, 0.2) is 0 Å². The van der Waals surface area contributed by atoms with Gasteiger partial charge in [0.25, 0.3) is 0 Å². The normalized spacial score (nSPS) is 14.7. The van der Waals surface area contributed by atoms with Gasteiger partial charge in [0, 0.05) is 18.2 Å². The Labute approximate surface area is 110 Å². The van der Waals surface area contributed by atoms with Crippen molar-refractivity contribution in [2.75, 3.05) is 19.3 Å². The van der Waals surface area contributed by atoms with E-state index in [0.29, 0.717) is 30.1 Å². The predicted octanol–water partition coefficient (Wildman–Crippen LogP) is 2.26. The number of hydrogen-bond donors (Lipinski definition) is 2. The zero-order valence-electron chi connectivity index (χ0n) is 11.7. The maximum absolute atomic E-state index is 11.7. The van der Waals surface area contributed by atoms with Gasteiger partial charge < -0.3 is 11.1 Å². The molecule has 1 unspecified atom stereocenters. The number of hydrogen-bond acceptors (Lipinski definition) is 3. The van der Waals surface area contributed by atoms with Crippen LogP contribution in [0, 0.1) is 11.8 Å². The monoisotopic (exact) mass is 260 g/mol. The zero-order valence-corrected chi connectivity index (χ0v) is 12.5. The molecule has 0 aliphatic heterocycles. The first kappa shape index (κ1) is 16.8. The fourth-order valence-electron chi connectivity index (χ4n) is 1.80. The van der Waals surface area contributed by atoms with E-state index in [1.54, 1.807) is 0 Å². The summed E-state index contributed by atoms with van der Waals surface area (Å²) >= 11 is 1.83. The van der Waals surface area contributed by atoms with Gasteiger partial charge in [0.2, 0.25) is 5.91 Å². The standard InChI is InChI=1S/C13H28N2OS/c1-10(2)7-12(9-14)8-13(16)15-6-5-11(3)17-4/h10-12H,5-9,14H2,1-4H3,(H,15,16)/t11?,12-/m0/s1. The lowest BCUT2D eigenvalue weighted by molar-refractivity contribution is -0.122. The van der Waals surface area contributed by atoms with Crippen molar-refractivity contribution in [3.05, 3.63) is 0 Å². The molecule has 0 aliphatic carbocycles. The Morgan fingerprint density at radius 2 is 2.00 bits per heavy atom. The topological polar surface area (TPSA) is 55.1 Å². The van der Waals surface area contributed by atoms with Crippen LogP contribution in [0.1, 0.15) is 40.0 Å². The van der Waals surface area contributed by atoms with Crippen LogP contribution in [0.25, 0.3) is 0 Å². The van der Waals surface area contributed by atoms with Crippen LogP contribution in [0.2, 0.25) is 0 Å². The minimum Gasteiger partial charge on any atom is -0.356 e. The maximum atomic E-state index is 11.7. The molecule has 0 saturated carbocycles. The summed E-state index contributed by atoms with van der Waals surface area (Å²) in [5.41, 5.74) is 5.68. The number of nitrogens with two attached hydrogens (primary N) is 1. The Bertz CT molecular complexity index is 210. The van der Waals surface area contributed by atoms with E-state index in [-0.39, 0.29) is 5.91 Å². The zero-order chi connectivity index (χ0) is 13.3. The molecule has 0 aliphatic rings. The van der Waals surface area contributed by atoms with E-state index in [4.69, 9.17) is 5.73 Å². The molecule has 2 atom stereocenters. The summed E-state index contributed by atoms with van der Waals surface area (Å²) in [6.45, 7) is 7.90. The van der Waals surface area contributed by atoms with Crippen LogP contribution in [0.4, 0.5) is 0 Å². The smallest absolute Gasteiger partial charge is 0.220 e. The summed E-state index contributed by atoms with van der Waals surface area (Å²) in [6.07, 6.45) is 4.73. The summed E-state index contributed by atoms with van der Waals surface area (Å²) in [5, 5.41) is 3.59. The number of carbonyl (C=O) groups is 1. The number of rotatable bonds is 9. The molecule has 102 valence electrons. The molecule has 0 saturated heterocycles. The second-order valence-electron chi connectivity index (χ2n) is 5.12. The number of thioether (sulfide) groups is 1. The van der Waals surface area contributed by atoms with Crippen molar-refractivity contribution in [1.82, 2.24) is 5.32 Å². The van der Waals surface area contributed by atoms with Gasteiger partial charge in [0.1, 0.15) is 0 Å². The molecule has 0 bridgehead atoms. The van der Waals surface area contributed by atoms with Gasteiger partial charge in [-0.2, -0.15) is 11.8 Å². The molecule has 17 heavy (non-hydrogen) atoms. The number of amides is 1. The first-order chi connectivity index (χ1) is 7.99. The second-order valence-corrected chi connectivity index (χ2v) is 6.40. The van der Waals surface area contributed by atoms with E-state index in [9.17, 15) is 4.79 Å². The van der Waals surface area contributed by atoms with Crippen molar-refractivity contribution < 1.29 is 4.79 Å². The van der Waals surface area contributed by atoms with Crippen LogP contribution >= 0.6 is 11.8 Å². The van der Waals surface area contributed by atoms with Gasteiger partial charge in [-0.05, 0) is 37.5 Å². The van der Waals surface area contributed by atoms with Crippen molar-refractivity contribution in [3.8, 4) is 0 Å². The van der Waals surface area contributed by atoms with E-state index in [1.807, 2.05) is 11.8 Å². The average Bonchev–Trinajstić information content (AvgIpc) is 2.27.